The van der Waals surface area contributed by atoms with Crippen LogP contribution in [0.1, 0.15) is 13.3 Å². The van der Waals surface area contributed by atoms with Gasteiger partial charge in [0.1, 0.15) is 0 Å². The van der Waals surface area contributed by atoms with Crippen LogP contribution in [0, 0.1) is 22.0 Å². The summed E-state index contributed by atoms with van der Waals surface area (Å²) in [4.78, 5) is 9.83. The molecule has 0 aromatic heterocycles. The van der Waals surface area contributed by atoms with Crippen molar-refractivity contribution in [1.29, 1.82) is 0 Å². The van der Waals surface area contributed by atoms with E-state index in [0.717, 1.165) is 5.57 Å². The molecule has 11 heavy (non-hydrogen) atoms. The molecule has 0 atom stereocenters. The summed E-state index contributed by atoms with van der Waals surface area (Å²) >= 11 is 0. The predicted molar refractivity (Wildman–Crippen MR) is 41.2 cm³/mol. The second-order valence-corrected chi connectivity index (χ2v) is 2.16. The summed E-state index contributed by atoms with van der Waals surface area (Å²) in [5.41, 5.74) is 1.04. The van der Waals surface area contributed by atoms with Crippen molar-refractivity contribution in [3.63, 3.8) is 0 Å². The van der Waals surface area contributed by atoms with Gasteiger partial charge in [-0.3, -0.25) is 10.1 Å². The maximum Gasteiger partial charge on any atom is 0.251 e. The molecule has 0 heterocycles. The summed E-state index contributed by atoms with van der Waals surface area (Å²) in [6.45, 7) is 1.71. The van der Waals surface area contributed by atoms with E-state index in [1.54, 1.807) is 13.0 Å². The summed E-state index contributed by atoms with van der Waals surface area (Å²) in [6, 6.07) is 0. The molecule has 1 rings (SSSR count). The summed E-state index contributed by atoms with van der Waals surface area (Å²) in [5.74, 6) is 5.48. The molecule has 1 aliphatic carbocycles. The van der Waals surface area contributed by atoms with Crippen molar-refractivity contribution in [1.82, 2.24) is 0 Å². The van der Waals surface area contributed by atoms with Crippen molar-refractivity contribution >= 4 is 0 Å². The standard InChI is InChI=1S/C8H7NO2/c1-2-3-7-4-5-8(6-7)9(10)11/h4-5H,6H2,1H3. The minimum atomic E-state index is -0.374. The Balaban J connectivity index is 2.64. The minimum Gasteiger partial charge on any atom is -0.259 e. The Morgan fingerprint density at radius 2 is 2.36 bits per heavy atom. The van der Waals surface area contributed by atoms with E-state index >= 15 is 0 Å². The topological polar surface area (TPSA) is 43.1 Å². The zero-order valence-corrected chi connectivity index (χ0v) is 6.13. The van der Waals surface area contributed by atoms with Crippen molar-refractivity contribution in [3.8, 4) is 11.8 Å². The monoisotopic (exact) mass is 149 g/mol. The Hall–Kier alpha value is -1.56. The molecule has 0 amide bonds. The van der Waals surface area contributed by atoms with E-state index in [9.17, 15) is 10.1 Å². The average molecular weight is 149 g/mol. The average Bonchev–Trinajstić information content (AvgIpc) is 2.37. The van der Waals surface area contributed by atoms with E-state index in [1.807, 2.05) is 0 Å². The SMILES string of the molecule is CC#CC1=CC=C([N+](=O)[O-])C1. The first-order chi connectivity index (χ1) is 5.24. The molecule has 0 unspecified atom stereocenters. The normalized spacial score (nSPS) is 14.6. The van der Waals surface area contributed by atoms with Gasteiger partial charge in [0.15, 0.2) is 0 Å². The quantitative estimate of drug-likeness (QED) is 0.322. The van der Waals surface area contributed by atoms with Gasteiger partial charge in [0, 0.05) is 11.6 Å². The number of hydrogen-bond acceptors (Lipinski definition) is 2. The number of rotatable bonds is 1. The Morgan fingerprint density at radius 3 is 2.82 bits per heavy atom. The van der Waals surface area contributed by atoms with Crippen LogP contribution < -0.4 is 0 Å². The molecule has 3 heteroatoms. The zero-order chi connectivity index (χ0) is 8.27. The Kier molecular flexibility index (Phi) is 2.07. The van der Waals surface area contributed by atoms with Crippen LogP contribution in [0.3, 0.4) is 0 Å². The molecule has 0 N–H and O–H groups in total. The van der Waals surface area contributed by atoms with Crippen LogP contribution in [0.25, 0.3) is 0 Å². The van der Waals surface area contributed by atoms with Crippen LogP contribution in [0.5, 0.6) is 0 Å². The maximum absolute atomic E-state index is 10.2. The molecular weight excluding hydrogens is 142 g/mol. The smallest absolute Gasteiger partial charge is 0.251 e. The van der Waals surface area contributed by atoms with E-state index in [2.05, 4.69) is 11.8 Å². The van der Waals surface area contributed by atoms with Gasteiger partial charge in [-0.25, -0.2) is 0 Å². The Bertz CT molecular complexity index is 302. The van der Waals surface area contributed by atoms with E-state index in [1.165, 1.54) is 6.08 Å². The molecular formula is C8H7NO2. The third kappa shape index (κ3) is 1.68. The lowest BCUT2D eigenvalue weighted by Crippen LogP contribution is -1.95. The second kappa shape index (κ2) is 3.02. The van der Waals surface area contributed by atoms with E-state index < -0.39 is 0 Å². The van der Waals surface area contributed by atoms with E-state index in [-0.39, 0.29) is 10.6 Å². The molecule has 0 saturated heterocycles. The maximum atomic E-state index is 10.2. The van der Waals surface area contributed by atoms with Gasteiger partial charge in [-0.1, -0.05) is 5.92 Å². The van der Waals surface area contributed by atoms with Crippen LogP contribution in [-0.4, -0.2) is 4.92 Å². The fourth-order valence-electron chi connectivity index (χ4n) is 0.882. The van der Waals surface area contributed by atoms with Crippen molar-refractivity contribution in [2.24, 2.45) is 0 Å². The van der Waals surface area contributed by atoms with Gasteiger partial charge in [0.25, 0.3) is 5.70 Å². The highest BCUT2D eigenvalue weighted by atomic mass is 16.6. The molecule has 1 aliphatic rings. The molecule has 0 aromatic carbocycles. The fraction of sp³-hybridized carbons (Fsp3) is 0.250. The van der Waals surface area contributed by atoms with Crippen molar-refractivity contribution < 1.29 is 4.92 Å². The van der Waals surface area contributed by atoms with E-state index in [4.69, 9.17) is 0 Å². The molecule has 0 spiro atoms. The van der Waals surface area contributed by atoms with Gasteiger partial charge < -0.3 is 0 Å². The van der Waals surface area contributed by atoms with Crippen LogP contribution in [0.2, 0.25) is 0 Å². The zero-order valence-electron chi connectivity index (χ0n) is 6.13. The number of nitro groups is 1. The molecule has 0 aliphatic heterocycles. The summed E-state index contributed by atoms with van der Waals surface area (Å²) < 4.78 is 0. The van der Waals surface area contributed by atoms with Gasteiger partial charge >= 0.3 is 0 Å². The number of nitrogens with zero attached hydrogens (tertiary/aromatic N) is 1. The van der Waals surface area contributed by atoms with Crippen molar-refractivity contribution in [2.45, 2.75) is 13.3 Å². The van der Waals surface area contributed by atoms with Gasteiger partial charge in [-0.15, -0.1) is 5.92 Å². The highest BCUT2D eigenvalue weighted by Crippen LogP contribution is 2.17. The highest BCUT2D eigenvalue weighted by molar-refractivity contribution is 5.39. The largest absolute Gasteiger partial charge is 0.259 e. The Morgan fingerprint density at radius 1 is 1.64 bits per heavy atom. The van der Waals surface area contributed by atoms with Crippen LogP contribution in [0.15, 0.2) is 23.4 Å². The number of allylic oxidation sites excluding steroid dienone is 3. The van der Waals surface area contributed by atoms with Gasteiger partial charge in [0.05, 0.1) is 11.3 Å². The summed E-state index contributed by atoms with van der Waals surface area (Å²) in [7, 11) is 0. The molecule has 0 saturated carbocycles. The van der Waals surface area contributed by atoms with Crippen LogP contribution in [-0.2, 0) is 0 Å². The molecule has 0 fully saturated rings. The van der Waals surface area contributed by atoms with Gasteiger partial charge in [-0.05, 0) is 13.0 Å². The van der Waals surface area contributed by atoms with Crippen molar-refractivity contribution in [3.05, 3.63) is 33.5 Å². The second-order valence-electron chi connectivity index (χ2n) is 2.16. The molecule has 0 radical (unpaired) electrons. The minimum absolute atomic E-state index is 0.225. The summed E-state index contributed by atoms with van der Waals surface area (Å²) in [5, 5.41) is 10.2. The van der Waals surface area contributed by atoms with Gasteiger partial charge in [0.2, 0.25) is 0 Å². The molecule has 3 nitrogen and oxygen atoms in total. The highest BCUT2D eigenvalue weighted by Gasteiger charge is 2.15. The first-order valence-electron chi connectivity index (χ1n) is 3.21. The lowest BCUT2D eigenvalue weighted by atomic mass is 10.2. The third-order valence-corrected chi connectivity index (χ3v) is 1.37. The molecule has 0 bridgehead atoms. The Labute approximate surface area is 64.6 Å². The van der Waals surface area contributed by atoms with Crippen LogP contribution >= 0.6 is 0 Å². The molecule has 56 valence electrons. The lowest BCUT2D eigenvalue weighted by Gasteiger charge is -1.88. The summed E-state index contributed by atoms with van der Waals surface area (Å²) in [6.07, 6.45) is 3.56. The predicted octanol–water partition coefficient (Wildman–Crippen LogP) is 1.50. The lowest BCUT2D eigenvalue weighted by molar-refractivity contribution is -0.426. The van der Waals surface area contributed by atoms with E-state index in [0.29, 0.717) is 6.42 Å². The van der Waals surface area contributed by atoms with Crippen molar-refractivity contribution in [2.75, 3.05) is 0 Å². The van der Waals surface area contributed by atoms with Crippen LogP contribution in [0.4, 0.5) is 0 Å². The molecule has 0 aromatic rings. The fourth-order valence-corrected chi connectivity index (χ4v) is 0.882. The first-order valence-corrected chi connectivity index (χ1v) is 3.21. The van der Waals surface area contributed by atoms with Gasteiger partial charge in [-0.2, -0.15) is 0 Å². The third-order valence-electron chi connectivity index (χ3n) is 1.37. The number of hydrogen-bond donors (Lipinski definition) is 0. The first kappa shape index (κ1) is 7.55.